The zero-order chi connectivity index (χ0) is 13.1. The highest BCUT2D eigenvalue weighted by Crippen LogP contribution is 2.31. The smallest absolute Gasteiger partial charge is 0.166 e. The van der Waals surface area contributed by atoms with Gasteiger partial charge in [0.2, 0.25) is 0 Å². The minimum Gasteiger partial charge on any atom is -0.489 e. The van der Waals surface area contributed by atoms with Gasteiger partial charge in [-0.25, -0.2) is 0 Å². The van der Waals surface area contributed by atoms with Crippen molar-refractivity contribution < 1.29 is 14.2 Å². The van der Waals surface area contributed by atoms with E-state index in [0.29, 0.717) is 13.2 Å². The number of hydrogen-bond acceptors (Lipinski definition) is 3. The summed E-state index contributed by atoms with van der Waals surface area (Å²) in [5, 5.41) is 0. The first-order valence-corrected chi connectivity index (χ1v) is 6.40. The molecule has 2 aromatic rings. The lowest BCUT2D eigenvalue weighted by molar-refractivity contribution is 0.0533. The van der Waals surface area contributed by atoms with E-state index in [1.54, 1.807) is 0 Å². The minimum atomic E-state index is -0.0745. The largest absolute Gasteiger partial charge is 0.489 e. The summed E-state index contributed by atoms with van der Waals surface area (Å²) in [7, 11) is 0. The van der Waals surface area contributed by atoms with Crippen LogP contribution in [0.2, 0.25) is 0 Å². The van der Waals surface area contributed by atoms with E-state index in [-0.39, 0.29) is 6.10 Å². The Labute approximate surface area is 112 Å². The Hall–Kier alpha value is -2.16. The molecule has 1 atom stereocenters. The van der Waals surface area contributed by atoms with Gasteiger partial charge in [-0.05, 0) is 30.7 Å². The summed E-state index contributed by atoms with van der Waals surface area (Å²) in [6.45, 7) is 3.03. The second-order valence-corrected chi connectivity index (χ2v) is 4.57. The van der Waals surface area contributed by atoms with E-state index in [2.05, 4.69) is 0 Å². The zero-order valence-corrected chi connectivity index (χ0v) is 10.8. The Balaban J connectivity index is 1.62. The molecule has 1 heterocycles. The fourth-order valence-electron chi connectivity index (χ4n) is 2.05. The summed E-state index contributed by atoms with van der Waals surface area (Å²) >= 11 is 0. The van der Waals surface area contributed by atoms with Crippen LogP contribution in [0.1, 0.15) is 5.56 Å². The van der Waals surface area contributed by atoms with Gasteiger partial charge in [-0.15, -0.1) is 0 Å². The molecule has 0 N–H and O–H groups in total. The van der Waals surface area contributed by atoms with E-state index < -0.39 is 0 Å². The molecule has 98 valence electrons. The zero-order valence-electron chi connectivity index (χ0n) is 10.8. The van der Waals surface area contributed by atoms with E-state index in [0.717, 1.165) is 22.8 Å². The van der Waals surface area contributed by atoms with Crippen molar-refractivity contribution in [3.8, 4) is 17.2 Å². The van der Waals surface area contributed by atoms with Crippen molar-refractivity contribution >= 4 is 0 Å². The molecule has 1 aliphatic rings. The van der Waals surface area contributed by atoms with Crippen molar-refractivity contribution in [3.63, 3.8) is 0 Å². The quantitative estimate of drug-likeness (QED) is 0.844. The van der Waals surface area contributed by atoms with Crippen LogP contribution in [0.15, 0.2) is 48.5 Å². The van der Waals surface area contributed by atoms with Crippen LogP contribution in [0.25, 0.3) is 0 Å². The molecule has 0 aromatic heterocycles. The SMILES string of the molecule is Cc1ccccc1OCC1COc2ccccc2O1. The summed E-state index contributed by atoms with van der Waals surface area (Å²) < 4.78 is 17.3. The van der Waals surface area contributed by atoms with Gasteiger partial charge in [0.25, 0.3) is 0 Å². The first kappa shape index (κ1) is 11.9. The first-order chi connectivity index (χ1) is 9.33. The Morgan fingerprint density at radius 2 is 1.79 bits per heavy atom. The fourth-order valence-corrected chi connectivity index (χ4v) is 2.05. The maximum atomic E-state index is 5.84. The van der Waals surface area contributed by atoms with Gasteiger partial charge < -0.3 is 14.2 Å². The summed E-state index contributed by atoms with van der Waals surface area (Å²) in [6.07, 6.45) is -0.0745. The molecule has 2 aromatic carbocycles. The molecule has 3 nitrogen and oxygen atoms in total. The van der Waals surface area contributed by atoms with Crippen molar-refractivity contribution in [3.05, 3.63) is 54.1 Å². The maximum Gasteiger partial charge on any atom is 0.166 e. The molecular formula is C16H16O3. The Morgan fingerprint density at radius 3 is 2.63 bits per heavy atom. The molecular weight excluding hydrogens is 240 g/mol. The van der Waals surface area contributed by atoms with Crippen molar-refractivity contribution in [1.82, 2.24) is 0 Å². The highest BCUT2D eigenvalue weighted by atomic mass is 16.6. The van der Waals surface area contributed by atoms with Crippen molar-refractivity contribution in [1.29, 1.82) is 0 Å². The standard InChI is InChI=1S/C16H16O3/c1-12-6-2-3-7-14(12)17-10-13-11-18-15-8-4-5-9-16(15)19-13/h2-9,13H,10-11H2,1H3. The summed E-state index contributed by atoms with van der Waals surface area (Å²) in [4.78, 5) is 0. The predicted molar refractivity (Wildman–Crippen MR) is 73.0 cm³/mol. The molecule has 0 fully saturated rings. The third-order valence-electron chi connectivity index (χ3n) is 3.09. The number of hydrogen-bond donors (Lipinski definition) is 0. The van der Waals surface area contributed by atoms with Gasteiger partial charge in [-0.2, -0.15) is 0 Å². The number of aryl methyl sites for hydroxylation is 1. The van der Waals surface area contributed by atoms with Crippen LogP contribution in [0, 0.1) is 6.92 Å². The van der Waals surface area contributed by atoms with Gasteiger partial charge in [0.05, 0.1) is 0 Å². The van der Waals surface area contributed by atoms with Crippen molar-refractivity contribution in [2.45, 2.75) is 13.0 Å². The molecule has 0 spiro atoms. The van der Waals surface area contributed by atoms with Gasteiger partial charge in [-0.1, -0.05) is 30.3 Å². The molecule has 0 saturated carbocycles. The summed E-state index contributed by atoms with van der Waals surface area (Å²) in [5.74, 6) is 2.48. The number of fused-ring (bicyclic) bond motifs is 1. The molecule has 1 unspecified atom stereocenters. The van der Waals surface area contributed by atoms with Crippen LogP contribution in [-0.4, -0.2) is 19.3 Å². The van der Waals surface area contributed by atoms with Gasteiger partial charge in [-0.3, -0.25) is 0 Å². The predicted octanol–water partition coefficient (Wildman–Crippen LogP) is 3.21. The highest BCUT2D eigenvalue weighted by Gasteiger charge is 2.21. The molecule has 1 aliphatic heterocycles. The average molecular weight is 256 g/mol. The third-order valence-corrected chi connectivity index (χ3v) is 3.09. The Bertz CT molecular complexity index is 565. The molecule has 3 rings (SSSR count). The maximum absolute atomic E-state index is 5.84. The van der Waals surface area contributed by atoms with Crippen LogP contribution >= 0.6 is 0 Å². The van der Waals surface area contributed by atoms with Crippen LogP contribution in [-0.2, 0) is 0 Å². The topological polar surface area (TPSA) is 27.7 Å². The second kappa shape index (κ2) is 5.22. The Morgan fingerprint density at radius 1 is 1.05 bits per heavy atom. The van der Waals surface area contributed by atoms with E-state index in [4.69, 9.17) is 14.2 Å². The fraction of sp³-hybridized carbons (Fsp3) is 0.250. The van der Waals surface area contributed by atoms with Gasteiger partial charge in [0.1, 0.15) is 19.0 Å². The van der Waals surface area contributed by atoms with Crippen molar-refractivity contribution in [2.24, 2.45) is 0 Å². The lowest BCUT2D eigenvalue weighted by Crippen LogP contribution is -2.34. The van der Waals surface area contributed by atoms with Gasteiger partial charge in [0.15, 0.2) is 17.6 Å². The molecule has 0 aliphatic carbocycles. The third kappa shape index (κ3) is 2.65. The lowest BCUT2D eigenvalue weighted by Gasteiger charge is -2.26. The molecule has 19 heavy (non-hydrogen) atoms. The van der Waals surface area contributed by atoms with Gasteiger partial charge in [0, 0.05) is 0 Å². The number of benzene rings is 2. The molecule has 0 amide bonds. The monoisotopic (exact) mass is 256 g/mol. The van der Waals surface area contributed by atoms with Crippen LogP contribution < -0.4 is 14.2 Å². The van der Waals surface area contributed by atoms with E-state index in [1.807, 2.05) is 55.5 Å². The van der Waals surface area contributed by atoms with Crippen LogP contribution in [0.3, 0.4) is 0 Å². The van der Waals surface area contributed by atoms with Gasteiger partial charge >= 0.3 is 0 Å². The number of para-hydroxylation sites is 3. The second-order valence-electron chi connectivity index (χ2n) is 4.57. The molecule has 3 heteroatoms. The first-order valence-electron chi connectivity index (χ1n) is 6.40. The van der Waals surface area contributed by atoms with Crippen molar-refractivity contribution in [2.75, 3.05) is 13.2 Å². The minimum absolute atomic E-state index is 0.0745. The van der Waals surface area contributed by atoms with Crippen LogP contribution in [0.5, 0.6) is 17.2 Å². The summed E-state index contributed by atoms with van der Waals surface area (Å²) in [6, 6.07) is 15.7. The van der Waals surface area contributed by atoms with E-state index in [1.165, 1.54) is 0 Å². The molecule has 0 saturated heterocycles. The Kier molecular flexibility index (Phi) is 3.27. The lowest BCUT2D eigenvalue weighted by atomic mass is 10.2. The number of ether oxygens (including phenoxy) is 3. The summed E-state index contributed by atoms with van der Waals surface area (Å²) in [5.41, 5.74) is 1.12. The van der Waals surface area contributed by atoms with Crippen LogP contribution in [0.4, 0.5) is 0 Å². The normalized spacial score (nSPS) is 17.0. The van der Waals surface area contributed by atoms with E-state index >= 15 is 0 Å². The molecule has 0 radical (unpaired) electrons. The van der Waals surface area contributed by atoms with E-state index in [9.17, 15) is 0 Å². The average Bonchev–Trinajstić information content (AvgIpc) is 2.46. The highest BCUT2D eigenvalue weighted by molar-refractivity contribution is 5.40. The number of rotatable bonds is 3. The molecule has 0 bridgehead atoms.